The first-order chi connectivity index (χ1) is 9.27. The van der Waals surface area contributed by atoms with Gasteiger partial charge in [0, 0.05) is 12.2 Å². The van der Waals surface area contributed by atoms with Crippen LogP contribution in [0.25, 0.3) is 0 Å². The molecule has 4 nitrogen and oxygen atoms in total. The lowest BCUT2D eigenvalue weighted by Crippen LogP contribution is -2.43. The smallest absolute Gasteiger partial charge is 0.245 e. The van der Waals surface area contributed by atoms with E-state index < -0.39 is 0 Å². The highest BCUT2D eigenvalue weighted by Crippen LogP contribution is 2.23. The number of carbonyl (C=O) groups is 1. The van der Waals surface area contributed by atoms with Gasteiger partial charge >= 0.3 is 0 Å². The summed E-state index contributed by atoms with van der Waals surface area (Å²) in [4.78, 5) is 14.4. The van der Waals surface area contributed by atoms with Gasteiger partial charge in [0.15, 0.2) is 0 Å². The molecule has 1 aliphatic rings. The molecule has 19 heavy (non-hydrogen) atoms. The Morgan fingerprint density at radius 3 is 3.00 bits per heavy atom. The molecule has 0 aromatic heterocycles. The summed E-state index contributed by atoms with van der Waals surface area (Å²) in [7, 11) is 0. The van der Waals surface area contributed by atoms with Crippen molar-refractivity contribution in [1.29, 1.82) is 5.26 Å². The monoisotopic (exact) mass is 257 g/mol. The first-order valence-electron chi connectivity index (χ1n) is 6.77. The van der Waals surface area contributed by atoms with E-state index in [1.165, 1.54) is 5.56 Å². The number of nitrogens with one attached hydrogen (secondary N) is 1. The second-order valence-electron chi connectivity index (χ2n) is 4.69. The quantitative estimate of drug-likeness (QED) is 0.899. The summed E-state index contributed by atoms with van der Waals surface area (Å²) >= 11 is 0. The van der Waals surface area contributed by atoms with Crippen molar-refractivity contribution in [1.82, 2.24) is 5.32 Å². The van der Waals surface area contributed by atoms with Crippen LogP contribution in [0.4, 0.5) is 5.69 Å². The summed E-state index contributed by atoms with van der Waals surface area (Å²) in [5.41, 5.74) is 2.16. The van der Waals surface area contributed by atoms with E-state index in [4.69, 9.17) is 5.26 Å². The lowest BCUT2D eigenvalue weighted by Gasteiger charge is -2.25. The second kappa shape index (κ2) is 6.35. The number of para-hydroxylation sites is 1. The molecule has 1 amide bonds. The Hall–Kier alpha value is -1.86. The highest BCUT2D eigenvalue weighted by molar-refractivity contribution is 5.98. The largest absolute Gasteiger partial charge is 0.311 e. The van der Waals surface area contributed by atoms with Crippen molar-refractivity contribution in [2.45, 2.75) is 32.2 Å². The molecule has 0 radical (unpaired) electrons. The Morgan fingerprint density at radius 2 is 2.26 bits per heavy atom. The summed E-state index contributed by atoms with van der Waals surface area (Å²) in [6.07, 6.45) is 2.03. The van der Waals surface area contributed by atoms with Gasteiger partial charge in [0.1, 0.15) is 6.04 Å². The average molecular weight is 257 g/mol. The number of amides is 1. The number of anilines is 1. The van der Waals surface area contributed by atoms with Crippen molar-refractivity contribution in [2.75, 3.05) is 18.0 Å². The number of aryl methyl sites for hydroxylation is 1. The number of carbonyl (C=O) groups excluding carboxylic acids is 1. The molecule has 1 atom stereocenters. The Morgan fingerprint density at radius 1 is 1.47 bits per heavy atom. The number of nitriles is 1. The van der Waals surface area contributed by atoms with Crippen LogP contribution < -0.4 is 10.2 Å². The predicted octanol–water partition coefficient (Wildman–Crippen LogP) is 1.86. The number of hydrogen-bond acceptors (Lipinski definition) is 3. The van der Waals surface area contributed by atoms with Crippen LogP contribution in [-0.4, -0.2) is 25.0 Å². The number of rotatable bonds is 3. The number of benzene rings is 1. The van der Waals surface area contributed by atoms with Gasteiger partial charge in [-0.3, -0.25) is 4.79 Å². The molecule has 0 saturated carbocycles. The summed E-state index contributed by atoms with van der Waals surface area (Å²) in [6.45, 7) is 3.58. The van der Waals surface area contributed by atoms with E-state index >= 15 is 0 Å². The molecule has 1 heterocycles. The van der Waals surface area contributed by atoms with Crippen molar-refractivity contribution in [2.24, 2.45) is 0 Å². The molecule has 2 rings (SSSR count). The van der Waals surface area contributed by atoms with Crippen LogP contribution in [0.3, 0.4) is 0 Å². The predicted molar refractivity (Wildman–Crippen MR) is 74.8 cm³/mol. The summed E-state index contributed by atoms with van der Waals surface area (Å²) < 4.78 is 0. The maximum atomic E-state index is 12.5. The van der Waals surface area contributed by atoms with Crippen LogP contribution in [0.2, 0.25) is 0 Å². The molecule has 0 aliphatic carbocycles. The van der Waals surface area contributed by atoms with E-state index in [-0.39, 0.29) is 18.4 Å². The maximum Gasteiger partial charge on any atom is 0.245 e. The minimum Gasteiger partial charge on any atom is -0.311 e. The van der Waals surface area contributed by atoms with Crippen LogP contribution in [0.1, 0.15) is 25.3 Å². The summed E-state index contributed by atoms with van der Waals surface area (Å²) in [5.74, 6) is 0.0138. The zero-order chi connectivity index (χ0) is 13.7. The molecule has 1 aromatic rings. The summed E-state index contributed by atoms with van der Waals surface area (Å²) in [6, 6.07) is 9.71. The molecule has 100 valence electrons. The minimum atomic E-state index is -0.377. The van der Waals surface area contributed by atoms with Gasteiger partial charge in [-0.25, -0.2) is 0 Å². The Balaban J connectivity index is 2.31. The van der Waals surface area contributed by atoms with E-state index in [0.717, 1.165) is 25.1 Å². The van der Waals surface area contributed by atoms with Gasteiger partial charge in [-0.2, -0.15) is 5.26 Å². The zero-order valence-corrected chi connectivity index (χ0v) is 11.2. The van der Waals surface area contributed by atoms with Gasteiger partial charge in [0.25, 0.3) is 0 Å². The summed E-state index contributed by atoms with van der Waals surface area (Å²) in [5, 5.41) is 12.0. The lowest BCUT2D eigenvalue weighted by molar-refractivity contribution is -0.120. The van der Waals surface area contributed by atoms with Crippen LogP contribution in [0.5, 0.6) is 0 Å². The van der Waals surface area contributed by atoms with Gasteiger partial charge in [0.05, 0.1) is 12.5 Å². The molecule has 1 N–H and O–H groups in total. The molecule has 1 aromatic carbocycles. The first-order valence-corrected chi connectivity index (χ1v) is 6.77. The highest BCUT2D eigenvalue weighted by Gasteiger charge is 2.28. The van der Waals surface area contributed by atoms with Gasteiger partial charge in [-0.05, 0) is 31.0 Å². The fourth-order valence-electron chi connectivity index (χ4n) is 2.46. The Bertz CT molecular complexity index is 492. The fourth-order valence-corrected chi connectivity index (χ4v) is 2.46. The van der Waals surface area contributed by atoms with Crippen LogP contribution >= 0.6 is 0 Å². The molecule has 1 saturated heterocycles. The topological polar surface area (TPSA) is 56.1 Å². The number of hydrogen-bond donors (Lipinski definition) is 1. The average Bonchev–Trinajstić information content (AvgIpc) is 2.62. The van der Waals surface area contributed by atoms with Crippen molar-refractivity contribution in [3.63, 3.8) is 0 Å². The molecule has 1 aliphatic heterocycles. The third-order valence-electron chi connectivity index (χ3n) is 3.47. The molecule has 0 spiro atoms. The third-order valence-corrected chi connectivity index (χ3v) is 3.47. The maximum absolute atomic E-state index is 12.5. The second-order valence-corrected chi connectivity index (χ2v) is 4.69. The fraction of sp³-hybridized carbons (Fsp3) is 0.467. The van der Waals surface area contributed by atoms with Crippen LogP contribution in [0, 0.1) is 11.3 Å². The number of nitrogens with zero attached hydrogens (tertiary/aromatic N) is 2. The normalized spacial score (nSPS) is 19.9. The lowest BCUT2D eigenvalue weighted by atomic mass is 10.1. The Kier molecular flexibility index (Phi) is 4.53. The van der Waals surface area contributed by atoms with E-state index in [0.29, 0.717) is 6.54 Å². The van der Waals surface area contributed by atoms with Crippen LogP contribution in [-0.2, 0) is 11.2 Å². The standard InChI is InChI=1S/C15H19N3O/c1-2-12-6-3-4-7-14(12)18-11-5-10-17-13(8-9-16)15(18)19/h3-4,6-7,13,17H,2,5,8,10-11H2,1H3. The molecule has 4 heteroatoms. The highest BCUT2D eigenvalue weighted by atomic mass is 16.2. The molecular weight excluding hydrogens is 238 g/mol. The van der Waals surface area contributed by atoms with E-state index in [9.17, 15) is 4.79 Å². The van der Waals surface area contributed by atoms with Crippen LogP contribution in [0.15, 0.2) is 24.3 Å². The molecular formula is C15H19N3O. The molecule has 0 bridgehead atoms. The van der Waals surface area contributed by atoms with Gasteiger partial charge in [-0.15, -0.1) is 0 Å². The van der Waals surface area contributed by atoms with Crippen molar-refractivity contribution >= 4 is 11.6 Å². The zero-order valence-electron chi connectivity index (χ0n) is 11.2. The van der Waals surface area contributed by atoms with Crippen molar-refractivity contribution < 1.29 is 4.79 Å². The minimum absolute atomic E-state index is 0.0138. The Labute approximate surface area is 114 Å². The van der Waals surface area contributed by atoms with E-state index in [1.807, 2.05) is 23.1 Å². The third kappa shape index (κ3) is 2.94. The van der Waals surface area contributed by atoms with Gasteiger partial charge in [-0.1, -0.05) is 25.1 Å². The van der Waals surface area contributed by atoms with Crippen molar-refractivity contribution in [3.05, 3.63) is 29.8 Å². The first kappa shape index (κ1) is 13.6. The van der Waals surface area contributed by atoms with Crippen molar-refractivity contribution in [3.8, 4) is 6.07 Å². The van der Waals surface area contributed by atoms with E-state index in [1.54, 1.807) is 0 Å². The van der Waals surface area contributed by atoms with Gasteiger partial charge < -0.3 is 10.2 Å². The molecule has 1 fully saturated rings. The van der Waals surface area contributed by atoms with E-state index in [2.05, 4.69) is 24.4 Å². The molecule has 1 unspecified atom stereocenters. The van der Waals surface area contributed by atoms with Gasteiger partial charge in [0.2, 0.25) is 5.91 Å². The SMILES string of the molecule is CCc1ccccc1N1CCCNC(CC#N)C1=O.